The number of carbonyl (C=O) groups excluding carboxylic acids is 2. The van der Waals surface area contributed by atoms with Crippen LogP contribution in [0, 0.1) is 5.82 Å². The van der Waals surface area contributed by atoms with E-state index in [4.69, 9.17) is 11.6 Å². The molecule has 0 saturated carbocycles. The van der Waals surface area contributed by atoms with Crippen molar-refractivity contribution in [3.8, 4) is 0 Å². The highest BCUT2D eigenvalue weighted by atomic mass is 35.5. The first-order valence-corrected chi connectivity index (χ1v) is 13.8. The van der Waals surface area contributed by atoms with Gasteiger partial charge >= 0.3 is 0 Å². The molecule has 0 aromatic heterocycles. The SMILES string of the molecule is CCCNC(=O)[C@@H](CC)N(Cc1ccc(Cl)cc1)C(=O)CCCN(c1ccc(F)cc1)S(C)(=O)=O. The fourth-order valence-corrected chi connectivity index (χ4v) is 4.77. The van der Waals surface area contributed by atoms with Gasteiger partial charge in [-0.1, -0.05) is 37.6 Å². The van der Waals surface area contributed by atoms with Crippen molar-refractivity contribution >= 4 is 39.1 Å². The Bertz CT molecular complexity index is 1080. The molecule has 10 heteroatoms. The molecule has 0 bridgehead atoms. The Morgan fingerprint density at radius 1 is 1.06 bits per heavy atom. The van der Waals surface area contributed by atoms with Gasteiger partial charge in [-0.2, -0.15) is 0 Å². The first-order chi connectivity index (χ1) is 16.6. The van der Waals surface area contributed by atoms with Crippen molar-refractivity contribution in [3.05, 3.63) is 64.9 Å². The van der Waals surface area contributed by atoms with Gasteiger partial charge in [0.2, 0.25) is 21.8 Å². The summed E-state index contributed by atoms with van der Waals surface area (Å²) in [5.41, 5.74) is 1.15. The van der Waals surface area contributed by atoms with E-state index >= 15 is 0 Å². The van der Waals surface area contributed by atoms with Gasteiger partial charge in [0.25, 0.3) is 0 Å². The molecule has 0 unspecified atom stereocenters. The Kier molecular flexibility index (Phi) is 11.0. The molecule has 0 saturated heterocycles. The Morgan fingerprint density at radius 2 is 1.69 bits per heavy atom. The number of sulfonamides is 1. The fraction of sp³-hybridized carbons (Fsp3) is 0.440. The van der Waals surface area contributed by atoms with Crippen LogP contribution in [0.5, 0.6) is 0 Å². The number of hydrogen-bond donors (Lipinski definition) is 1. The van der Waals surface area contributed by atoms with Gasteiger partial charge in [-0.3, -0.25) is 13.9 Å². The first kappa shape index (κ1) is 28.6. The maximum atomic E-state index is 13.3. The van der Waals surface area contributed by atoms with Crippen LogP contribution >= 0.6 is 11.6 Å². The van der Waals surface area contributed by atoms with Gasteiger partial charge in [0.1, 0.15) is 11.9 Å². The number of nitrogens with one attached hydrogen (secondary N) is 1. The quantitative estimate of drug-likeness (QED) is 0.421. The second-order valence-corrected chi connectivity index (χ2v) is 10.6. The van der Waals surface area contributed by atoms with Gasteiger partial charge in [-0.15, -0.1) is 0 Å². The molecule has 0 fully saturated rings. The van der Waals surface area contributed by atoms with Crippen LogP contribution in [0.2, 0.25) is 5.02 Å². The minimum absolute atomic E-state index is 0.0400. The largest absolute Gasteiger partial charge is 0.354 e. The summed E-state index contributed by atoms with van der Waals surface area (Å²) in [7, 11) is -3.64. The van der Waals surface area contributed by atoms with Crippen LogP contribution in [0.1, 0.15) is 45.1 Å². The van der Waals surface area contributed by atoms with Crippen molar-refractivity contribution in [2.45, 2.75) is 52.1 Å². The van der Waals surface area contributed by atoms with Crippen molar-refractivity contribution in [1.82, 2.24) is 10.2 Å². The standard InChI is InChI=1S/C25H33ClFN3O4S/c1-4-16-28-25(32)23(5-2)29(18-19-8-10-20(26)11-9-19)24(31)7-6-17-30(35(3,33)34)22-14-12-21(27)13-15-22/h8-15,23H,4-7,16-18H2,1-3H3,(H,28,32)/t23-/m1/s1. The highest BCUT2D eigenvalue weighted by Gasteiger charge is 2.28. The zero-order valence-electron chi connectivity index (χ0n) is 20.3. The van der Waals surface area contributed by atoms with E-state index in [-0.39, 0.29) is 37.7 Å². The normalized spacial score (nSPS) is 12.1. The Hall–Kier alpha value is -2.65. The van der Waals surface area contributed by atoms with Crippen molar-refractivity contribution in [1.29, 1.82) is 0 Å². The number of rotatable bonds is 13. The number of carbonyl (C=O) groups is 2. The number of benzene rings is 2. The van der Waals surface area contributed by atoms with Gasteiger partial charge in [0.15, 0.2) is 0 Å². The lowest BCUT2D eigenvalue weighted by Gasteiger charge is -2.31. The lowest BCUT2D eigenvalue weighted by molar-refractivity contribution is -0.141. The van der Waals surface area contributed by atoms with Gasteiger partial charge in [0, 0.05) is 31.1 Å². The number of halogens is 2. The molecular formula is C25H33ClFN3O4S. The molecule has 0 spiro atoms. The monoisotopic (exact) mass is 525 g/mol. The molecule has 0 aliphatic carbocycles. The maximum absolute atomic E-state index is 13.3. The Morgan fingerprint density at radius 3 is 2.23 bits per heavy atom. The molecule has 0 heterocycles. The fourth-order valence-electron chi connectivity index (χ4n) is 3.68. The summed E-state index contributed by atoms with van der Waals surface area (Å²) >= 11 is 5.98. The van der Waals surface area contributed by atoms with Crippen molar-refractivity contribution in [2.24, 2.45) is 0 Å². The average Bonchev–Trinajstić information content (AvgIpc) is 2.81. The molecule has 0 radical (unpaired) electrons. The highest BCUT2D eigenvalue weighted by Crippen LogP contribution is 2.20. The topological polar surface area (TPSA) is 86.8 Å². The summed E-state index contributed by atoms with van der Waals surface area (Å²) < 4.78 is 39.1. The highest BCUT2D eigenvalue weighted by molar-refractivity contribution is 7.92. The van der Waals surface area contributed by atoms with Crippen molar-refractivity contribution < 1.29 is 22.4 Å². The molecule has 2 aromatic rings. The summed E-state index contributed by atoms with van der Waals surface area (Å²) in [5.74, 6) is -0.950. The van der Waals surface area contributed by atoms with E-state index < -0.39 is 21.9 Å². The summed E-state index contributed by atoms with van der Waals surface area (Å²) in [5, 5.41) is 3.43. The number of hydrogen-bond acceptors (Lipinski definition) is 4. The molecule has 2 aromatic carbocycles. The minimum atomic E-state index is -3.64. The Labute approximate surface area is 212 Å². The van der Waals surface area contributed by atoms with E-state index in [0.717, 1.165) is 22.5 Å². The lowest BCUT2D eigenvalue weighted by atomic mass is 10.1. The van der Waals surface area contributed by atoms with E-state index in [1.165, 1.54) is 29.2 Å². The summed E-state index contributed by atoms with van der Waals surface area (Å²) in [6.07, 6.45) is 2.54. The van der Waals surface area contributed by atoms with Crippen LogP contribution in [0.25, 0.3) is 0 Å². The first-order valence-electron chi connectivity index (χ1n) is 11.6. The molecular weight excluding hydrogens is 493 g/mol. The molecule has 1 N–H and O–H groups in total. The van der Waals surface area contributed by atoms with Gasteiger partial charge in [-0.05, 0) is 61.2 Å². The summed E-state index contributed by atoms with van der Waals surface area (Å²) in [4.78, 5) is 27.7. The van der Waals surface area contributed by atoms with Crippen LogP contribution in [0.4, 0.5) is 10.1 Å². The molecule has 0 aliphatic rings. The minimum Gasteiger partial charge on any atom is -0.354 e. The van der Waals surface area contributed by atoms with E-state index in [2.05, 4.69) is 5.32 Å². The van der Waals surface area contributed by atoms with Gasteiger partial charge in [-0.25, -0.2) is 12.8 Å². The third kappa shape index (κ3) is 8.81. The number of amides is 2. The van der Waals surface area contributed by atoms with Crippen LogP contribution in [-0.2, 0) is 26.2 Å². The van der Waals surface area contributed by atoms with Crippen LogP contribution < -0.4 is 9.62 Å². The molecule has 2 rings (SSSR count). The summed E-state index contributed by atoms with van der Waals surface area (Å²) in [6, 6.07) is 11.5. The average molecular weight is 526 g/mol. The van der Waals surface area contributed by atoms with Crippen molar-refractivity contribution in [3.63, 3.8) is 0 Å². The predicted molar refractivity (Wildman–Crippen MR) is 137 cm³/mol. The number of anilines is 1. The Balaban J connectivity index is 2.18. The molecule has 7 nitrogen and oxygen atoms in total. The maximum Gasteiger partial charge on any atom is 0.242 e. The van der Waals surface area contributed by atoms with Crippen LogP contribution in [0.15, 0.2) is 48.5 Å². The third-order valence-electron chi connectivity index (χ3n) is 5.47. The van der Waals surface area contributed by atoms with E-state index in [1.54, 1.807) is 24.3 Å². The predicted octanol–water partition coefficient (Wildman–Crippen LogP) is 4.36. The zero-order valence-corrected chi connectivity index (χ0v) is 21.9. The molecule has 1 atom stereocenters. The van der Waals surface area contributed by atoms with Gasteiger partial charge < -0.3 is 10.2 Å². The van der Waals surface area contributed by atoms with Crippen LogP contribution in [-0.4, -0.2) is 50.5 Å². The third-order valence-corrected chi connectivity index (χ3v) is 6.91. The second kappa shape index (κ2) is 13.4. The lowest BCUT2D eigenvalue weighted by Crippen LogP contribution is -2.49. The second-order valence-electron chi connectivity index (χ2n) is 8.28. The summed E-state index contributed by atoms with van der Waals surface area (Å²) in [6.45, 7) is 4.58. The van der Waals surface area contributed by atoms with Gasteiger partial charge in [0.05, 0.1) is 11.9 Å². The van der Waals surface area contributed by atoms with Crippen molar-refractivity contribution in [2.75, 3.05) is 23.7 Å². The number of nitrogens with zero attached hydrogens (tertiary/aromatic N) is 2. The molecule has 192 valence electrons. The smallest absolute Gasteiger partial charge is 0.242 e. The van der Waals surface area contributed by atoms with E-state index in [0.29, 0.717) is 23.7 Å². The van der Waals surface area contributed by atoms with E-state index in [9.17, 15) is 22.4 Å². The molecule has 35 heavy (non-hydrogen) atoms. The van der Waals surface area contributed by atoms with E-state index in [1.807, 2.05) is 13.8 Å². The molecule has 0 aliphatic heterocycles. The molecule has 2 amide bonds. The zero-order chi connectivity index (χ0) is 26.0. The van der Waals surface area contributed by atoms with Crippen LogP contribution in [0.3, 0.4) is 0 Å².